The lowest BCUT2D eigenvalue weighted by Gasteiger charge is -2.15. The van der Waals surface area contributed by atoms with Crippen LogP contribution in [0.15, 0.2) is 36.7 Å². The molecule has 1 aromatic heterocycles. The molecule has 1 N–H and O–H groups in total. The van der Waals surface area contributed by atoms with Gasteiger partial charge in [-0.2, -0.15) is 0 Å². The van der Waals surface area contributed by atoms with Gasteiger partial charge in [-0.1, -0.05) is 18.2 Å². The SMILES string of the molecule is CCOCCCNc1nccn1C1COc2ccccc21. The molecule has 0 bridgehead atoms. The molecule has 0 radical (unpaired) electrons. The van der Waals surface area contributed by atoms with Crippen molar-refractivity contribution in [3.8, 4) is 5.75 Å². The van der Waals surface area contributed by atoms with Gasteiger partial charge in [-0.3, -0.25) is 0 Å². The number of anilines is 1. The van der Waals surface area contributed by atoms with Gasteiger partial charge in [-0.15, -0.1) is 0 Å². The Labute approximate surface area is 124 Å². The van der Waals surface area contributed by atoms with E-state index in [1.807, 2.05) is 37.5 Å². The Morgan fingerprint density at radius 2 is 2.33 bits per heavy atom. The van der Waals surface area contributed by atoms with Crippen molar-refractivity contribution in [3.05, 3.63) is 42.2 Å². The van der Waals surface area contributed by atoms with Gasteiger partial charge < -0.3 is 19.4 Å². The molecule has 5 nitrogen and oxygen atoms in total. The Morgan fingerprint density at radius 3 is 3.24 bits per heavy atom. The first-order chi connectivity index (χ1) is 10.4. The number of para-hydroxylation sites is 1. The van der Waals surface area contributed by atoms with E-state index in [4.69, 9.17) is 9.47 Å². The molecule has 0 saturated carbocycles. The van der Waals surface area contributed by atoms with Crippen LogP contribution in [-0.2, 0) is 4.74 Å². The van der Waals surface area contributed by atoms with Crippen LogP contribution < -0.4 is 10.1 Å². The van der Waals surface area contributed by atoms with E-state index in [1.165, 1.54) is 5.56 Å². The number of ether oxygens (including phenoxy) is 2. The molecule has 0 spiro atoms. The number of fused-ring (bicyclic) bond motifs is 1. The van der Waals surface area contributed by atoms with Gasteiger partial charge in [0.1, 0.15) is 12.4 Å². The molecule has 112 valence electrons. The Bertz CT molecular complexity index is 582. The fourth-order valence-corrected chi connectivity index (χ4v) is 2.60. The van der Waals surface area contributed by atoms with Crippen molar-refractivity contribution in [2.75, 3.05) is 31.7 Å². The third kappa shape index (κ3) is 3.03. The van der Waals surface area contributed by atoms with Crippen molar-refractivity contribution < 1.29 is 9.47 Å². The van der Waals surface area contributed by atoms with Crippen LogP contribution in [0.25, 0.3) is 0 Å². The third-order valence-corrected chi connectivity index (χ3v) is 3.63. The van der Waals surface area contributed by atoms with Crippen LogP contribution >= 0.6 is 0 Å². The summed E-state index contributed by atoms with van der Waals surface area (Å²) in [5.41, 5.74) is 1.22. The number of benzene rings is 1. The van der Waals surface area contributed by atoms with Gasteiger partial charge >= 0.3 is 0 Å². The highest BCUT2D eigenvalue weighted by Gasteiger charge is 2.26. The highest BCUT2D eigenvalue weighted by molar-refractivity contribution is 5.42. The molecule has 1 aromatic carbocycles. The number of hydrogen-bond acceptors (Lipinski definition) is 4. The normalized spacial score (nSPS) is 16.5. The fourth-order valence-electron chi connectivity index (χ4n) is 2.60. The molecule has 2 heterocycles. The van der Waals surface area contributed by atoms with E-state index in [1.54, 1.807) is 0 Å². The van der Waals surface area contributed by atoms with Crippen molar-refractivity contribution in [2.45, 2.75) is 19.4 Å². The number of aromatic nitrogens is 2. The molecule has 21 heavy (non-hydrogen) atoms. The average Bonchev–Trinajstić information content (AvgIpc) is 3.13. The van der Waals surface area contributed by atoms with Crippen LogP contribution in [0, 0.1) is 0 Å². The van der Waals surface area contributed by atoms with Gasteiger partial charge in [-0.05, 0) is 19.4 Å². The second kappa shape index (κ2) is 6.63. The highest BCUT2D eigenvalue weighted by atomic mass is 16.5. The lowest BCUT2D eigenvalue weighted by Crippen LogP contribution is -2.16. The van der Waals surface area contributed by atoms with Crippen LogP contribution in [0.4, 0.5) is 5.95 Å². The van der Waals surface area contributed by atoms with Gasteiger partial charge in [0.15, 0.2) is 0 Å². The van der Waals surface area contributed by atoms with Crippen molar-refractivity contribution in [3.63, 3.8) is 0 Å². The molecule has 1 atom stereocenters. The molecule has 3 rings (SSSR count). The summed E-state index contributed by atoms with van der Waals surface area (Å²) in [5, 5.41) is 3.38. The molecule has 1 aliphatic rings. The van der Waals surface area contributed by atoms with Crippen molar-refractivity contribution in [1.82, 2.24) is 9.55 Å². The zero-order valence-corrected chi connectivity index (χ0v) is 12.3. The van der Waals surface area contributed by atoms with Gasteiger partial charge in [0.2, 0.25) is 5.95 Å². The molecule has 1 aliphatic heterocycles. The van der Waals surface area contributed by atoms with Gasteiger partial charge in [0.05, 0.1) is 6.04 Å². The summed E-state index contributed by atoms with van der Waals surface area (Å²) < 4.78 is 13.2. The number of nitrogens with one attached hydrogen (secondary N) is 1. The molecule has 0 saturated heterocycles. The van der Waals surface area contributed by atoms with E-state index in [0.717, 1.165) is 37.9 Å². The van der Waals surface area contributed by atoms with Crippen LogP contribution in [0.3, 0.4) is 0 Å². The first-order valence-corrected chi connectivity index (χ1v) is 7.46. The smallest absolute Gasteiger partial charge is 0.203 e. The van der Waals surface area contributed by atoms with E-state index in [0.29, 0.717) is 6.61 Å². The number of hydrogen-bond donors (Lipinski definition) is 1. The van der Waals surface area contributed by atoms with E-state index < -0.39 is 0 Å². The van der Waals surface area contributed by atoms with E-state index in [9.17, 15) is 0 Å². The minimum absolute atomic E-state index is 0.193. The number of rotatable bonds is 7. The molecular formula is C16H21N3O2. The summed E-state index contributed by atoms with van der Waals surface area (Å²) in [6.45, 7) is 5.07. The van der Waals surface area contributed by atoms with Crippen LogP contribution in [0.2, 0.25) is 0 Å². The number of nitrogens with zero attached hydrogens (tertiary/aromatic N) is 2. The van der Waals surface area contributed by atoms with Crippen molar-refractivity contribution in [1.29, 1.82) is 0 Å². The Hall–Kier alpha value is -2.01. The van der Waals surface area contributed by atoms with Crippen LogP contribution in [0.5, 0.6) is 5.75 Å². The second-order valence-corrected chi connectivity index (χ2v) is 5.00. The second-order valence-electron chi connectivity index (χ2n) is 5.00. The first kappa shape index (κ1) is 13.9. The Kier molecular flexibility index (Phi) is 4.40. The topological polar surface area (TPSA) is 48.3 Å². The average molecular weight is 287 g/mol. The van der Waals surface area contributed by atoms with Gasteiger partial charge in [0, 0.05) is 37.7 Å². The largest absolute Gasteiger partial charge is 0.491 e. The molecule has 5 heteroatoms. The monoisotopic (exact) mass is 287 g/mol. The first-order valence-electron chi connectivity index (χ1n) is 7.46. The van der Waals surface area contributed by atoms with Crippen molar-refractivity contribution in [2.24, 2.45) is 0 Å². The van der Waals surface area contributed by atoms with E-state index in [2.05, 4.69) is 20.9 Å². The Morgan fingerprint density at radius 1 is 1.43 bits per heavy atom. The van der Waals surface area contributed by atoms with Gasteiger partial charge in [0.25, 0.3) is 0 Å². The van der Waals surface area contributed by atoms with Crippen LogP contribution in [0.1, 0.15) is 24.9 Å². The zero-order valence-electron chi connectivity index (χ0n) is 12.3. The van der Waals surface area contributed by atoms with Gasteiger partial charge in [-0.25, -0.2) is 4.98 Å². The maximum Gasteiger partial charge on any atom is 0.203 e. The summed E-state index contributed by atoms with van der Waals surface area (Å²) >= 11 is 0. The summed E-state index contributed by atoms with van der Waals surface area (Å²) in [5.74, 6) is 1.86. The molecule has 0 aliphatic carbocycles. The predicted molar refractivity (Wildman–Crippen MR) is 81.9 cm³/mol. The Balaban J connectivity index is 1.66. The lowest BCUT2D eigenvalue weighted by atomic mass is 10.1. The standard InChI is InChI=1S/C16H21N3O2/c1-2-20-11-5-8-17-16-18-9-10-19(16)14-12-21-15-7-4-3-6-13(14)15/h3-4,6-7,9-10,14H,2,5,8,11-12H2,1H3,(H,17,18). The number of imidazole rings is 1. The molecule has 0 amide bonds. The quantitative estimate of drug-likeness (QED) is 0.795. The molecule has 1 unspecified atom stereocenters. The lowest BCUT2D eigenvalue weighted by molar-refractivity contribution is 0.147. The predicted octanol–water partition coefficient (Wildman–Crippen LogP) is 2.70. The van der Waals surface area contributed by atoms with E-state index in [-0.39, 0.29) is 6.04 Å². The minimum Gasteiger partial charge on any atom is -0.491 e. The van der Waals surface area contributed by atoms with Crippen LogP contribution in [-0.4, -0.2) is 35.9 Å². The summed E-state index contributed by atoms with van der Waals surface area (Å²) in [4.78, 5) is 4.41. The third-order valence-electron chi connectivity index (χ3n) is 3.63. The summed E-state index contributed by atoms with van der Waals surface area (Å²) in [7, 11) is 0. The van der Waals surface area contributed by atoms with E-state index >= 15 is 0 Å². The zero-order chi connectivity index (χ0) is 14.5. The minimum atomic E-state index is 0.193. The molecular weight excluding hydrogens is 266 g/mol. The summed E-state index contributed by atoms with van der Waals surface area (Å²) in [6.07, 6.45) is 4.80. The highest BCUT2D eigenvalue weighted by Crippen LogP contribution is 2.35. The fraction of sp³-hybridized carbons (Fsp3) is 0.438. The molecule has 0 fully saturated rings. The van der Waals surface area contributed by atoms with Crippen molar-refractivity contribution >= 4 is 5.95 Å². The molecule has 2 aromatic rings. The maximum atomic E-state index is 5.75. The summed E-state index contributed by atoms with van der Waals surface area (Å²) in [6, 6.07) is 8.38. The maximum absolute atomic E-state index is 5.75.